The second kappa shape index (κ2) is 9.11. The number of sulfonamides is 1. The molecule has 0 bridgehead atoms. The number of hydrogen-bond donors (Lipinski definition) is 2. The fraction of sp³-hybridized carbons (Fsp3) is 0.182. The van der Waals surface area contributed by atoms with Crippen LogP contribution in [0, 0.1) is 0 Å². The first-order valence-corrected chi connectivity index (χ1v) is 12.0. The first-order valence-electron chi connectivity index (χ1n) is 9.74. The highest BCUT2D eigenvalue weighted by atomic mass is 32.2. The number of anilines is 2. The van der Waals surface area contributed by atoms with Gasteiger partial charge in [-0.05, 0) is 61.9 Å². The Labute approximate surface area is 185 Å². The Balaban J connectivity index is 1.48. The third kappa shape index (κ3) is 5.26. The molecule has 0 aliphatic rings. The smallest absolute Gasteiger partial charge is 0.240 e. The zero-order chi connectivity index (χ0) is 21.8. The minimum Gasteiger partial charge on any atom is -0.324 e. The quantitative estimate of drug-likeness (QED) is 0.420. The third-order valence-electron chi connectivity index (χ3n) is 4.61. The van der Waals surface area contributed by atoms with Gasteiger partial charge in [-0.1, -0.05) is 18.2 Å². The Bertz CT molecular complexity index is 1250. The number of rotatable bonds is 8. The van der Waals surface area contributed by atoms with Crippen molar-refractivity contribution in [1.82, 2.24) is 19.6 Å². The maximum Gasteiger partial charge on any atom is 0.240 e. The molecule has 2 N–H and O–H groups in total. The average molecular weight is 454 g/mol. The molecule has 0 atom stereocenters. The number of likely N-dealkylation sites (N-methyl/N-ethyl adjacent to an activating group) is 1. The Morgan fingerprint density at radius 2 is 1.81 bits per heavy atom. The van der Waals surface area contributed by atoms with Gasteiger partial charge in [0.2, 0.25) is 16.0 Å². The number of thiophene rings is 1. The van der Waals surface area contributed by atoms with Crippen molar-refractivity contribution in [2.45, 2.75) is 4.90 Å². The van der Waals surface area contributed by atoms with Gasteiger partial charge in [-0.3, -0.25) is 0 Å². The predicted octanol–water partition coefficient (Wildman–Crippen LogP) is 3.94. The van der Waals surface area contributed by atoms with E-state index in [1.165, 1.54) is 10.1 Å². The van der Waals surface area contributed by atoms with Crippen LogP contribution in [0.5, 0.6) is 0 Å². The van der Waals surface area contributed by atoms with Gasteiger partial charge in [0, 0.05) is 29.7 Å². The van der Waals surface area contributed by atoms with E-state index in [1.807, 2.05) is 37.2 Å². The molecule has 0 radical (unpaired) electrons. The van der Waals surface area contributed by atoms with E-state index < -0.39 is 10.0 Å². The zero-order valence-corrected chi connectivity index (χ0v) is 18.9. The van der Waals surface area contributed by atoms with Crippen LogP contribution in [0.15, 0.2) is 71.8 Å². The first-order chi connectivity index (χ1) is 14.9. The third-order valence-corrected chi connectivity index (χ3v) is 7.22. The standard InChI is InChI=1S/C22H23N5O2S2/c1-27(2)14-13-24-31(28,29)18-9-7-17(8-10-18)25-22-23-12-11-19(26-22)21-15-16-5-3-4-6-20(16)30-21/h3-12,15,24H,13-14H2,1-2H3,(H,23,25,26). The summed E-state index contributed by atoms with van der Waals surface area (Å²) in [6, 6.07) is 18.8. The predicted molar refractivity (Wildman–Crippen MR) is 126 cm³/mol. The molecule has 0 saturated heterocycles. The topological polar surface area (TPSA) is 87.2 Å². The van der Waals surface area contributed by atoms with Crippen LogP contribution >= 0.6 is 11.3 Å². The summed E-state index contributed by atoms with van der Waals surface area (Å²) in [7, 11) is 0.255. The van der Waals surface area contributed by atoms with Gasteiger partial charge in [0.1, 0.15) is 0 Å². The monoisotopic (exact) mass is 453 g/mol. The van der Waals surface area contributed by atoms with E-state index in [0.29, 0.717) is 24.7 Å². The summed E-state index contributed by atoms with van der Waals surface area (Å²) >= 11 is 1.68. The molecule has 2 heterocycles. The van der Waals surface area contributed by atoms with Crippen LogP contribution in [-0.2, 0) is 10.0 Å². The summed E-state index contributed by atoms with van der Waals surface area (Å²) in [5.74, 6) is 0.453. The molecule has 0 saturated carbocycles. The van der Waals surface area contributed by atoms with Crippen LogP contribution in [0.2, 0.25) is 0 Å². The van der Waals surface area contributed by atoms with E-state index in [0.717, 1.165) is 10.6 Å². The Kier molecular flexibility index (Phi) is 6.28. The van der Waals surface area contributed by atoms with Crippen molar-refractivity contribution < 1.29 is 8.42 Å². The van der Waals surface area contributed by atoms with Gasteiger partial charge in [-0.2, -0.15) is 0 Å². The normalized spacial score (nSPS) is 11.8. The highest BCUT2D eigenvalue weighted by molar-refractivity contribution is 7.89. The summed E-state index contributed by atoms with van der Waals surface area (Å²) < 4.78 is 28.6. The summed E-state index contributed by atoms with van der Waals surface area (Å²) in [5, 5.41) is 4.33. The van der Waals surface area contributed by atoms with E-state index in [1.54, 1.807) is 41.8 Å². The van der Waals surface area contributed by atoms with Gasteiger partial charge < -0.3 is 10.2 Å². The lowest BCUT2D eigenvalue weighted by molar-refractivity contribution is 0.412. The van der Waals surface area contributed by atoms with Gasteiger partial charge in [-0.25, -0.2) is 23.1 Å². The van der Waals surface area contributed by atoms with Crippen LogP contribution in [-0.4, -0.2) is 50.5 Å². The van der Waals surface area contributed by atoms with Gasteiger partial charge >= 0.3 is 0 Å². The lowest BCUT2D eigenvalue weighted by Gasteiger charge is -2.11. The number of nitrogens with zero attached hydrogens (tertiary/aromatic N) is 3. The van der Waals surface area contributed by atoms with Crippen molar-refractivity contribution in [3.05, 3.63) is 66.9 Å². The Morgan fingerprint density at radius 1 is 1.03 bits per heavy atom. The molecule has 0 aliphatic carbocycles. The van der Waals surface area contributed by atoms with Crippen molar-refractivity contribution in [3.8, 4) is 10.6 Å². The van der Waals surface area contributed by atoms with Crippen LogP contribution in [0.1, 0.15) is 0 Å². The van der Waals surface area contributed by atoms with Crippen LogP contribution in [0.3, 0.4) is 0 Å². The van der Waals surface area contributed by atoms with Crippen molar-refractivity contribution in [3.63, 3.8) is 0 Å². The summed E-state index contributed by atoms with van der Waals surface area (Å²) in [4.78, 5) is 12.1. The molecule has 0 aliphatic heterocycles. The van der Waals surface area contributed by atoms with Crippen LogP contribution in [0.25, 0.3) is 20.7 Å². The van der Waals surface area contributed by atoms with Gasteiger partial charge in [0.25, 0.3) is 0 Å². The van der Waals surface area contributed by atoms with Crippen LogP contribution in [0.4, 0.5) is 11.6 Å². The second-order valence-corrected chi connectivity index (χ2v) is 10.1. The average Bonchev–Trinajstić information content (AvgIpc) is 3.18. The van der Waals surface area contributed by atoms with Gasteiger partial charge in [0.05, 0.1) is 15.5 Å². The summed E-state index contributed by atoms with van der Waals surface area (Å²) in [6.45, 7) is 0.986. The number of hydrogen-bond acceptors (Lipinski definition) is 7. The maximum absolute atomic E-state index is 12.4. The molecule has 0 fully saturated rings. The molecule has 31 heavy (non-hydrogen) atoms. The lowest BCUT2D eigenvalue weighted by Crippen LogP contribution is -2.31. The molecule has 0 spiro atoms. The van der Waals surface area contributed by atoms with E-state index in [9.17, 15) is 8.42 Å². The van der Waals surface area contributed by atoms with E-state index in [4.69, 9.17) is 0 Å². The maximum atomic E-state index is 12.4. The summed E-state index contributed by atoms with van der Waals surface area (Å²) in [6.07, 6.45) is 1.71. The minimum absolute atomic E-state index is 0.219. The molecule has 9 heteroatoms. The molecule has 4 aromatic rings. The van der Waals surface area contributed by atoms with E-state index in [-0.39, 0.29) is 4.90 Å². The lowest BCUT2D eigenvalue weighted by atomic mass is 10.2. The molecule has 0 amide bonds. The van der Waals surface area contributed by atoms with Gasteiger partial charge in [-0.15, -0.1) is 11.3 Å². The van der Waals surface area contributed by atoms with E-state index in [2.05, 4.69) is 38.2 Å². The number of aromatic nitrogens is 2. The Morgan fingerprint density at radius 3 is 2.55 bits per heavy atom. The fourth-order valence-electron chi connectivity index (χ4n) is 3.00. The summed E-state index contributed by atoms with van der Waals surface area (Å²) in [5.41, 5.74) is 1.55. The number of benzene rings is 2. The highest BCUT2D eigenvalue weighted by Gasteiger charge is 2.13. The van der Waals surface area contributed by atoms with E-state index >= 15 is 0 Å². The fourth-order valence-corrected chi connectivity index (χ4v) is 5.05. The molecular formula is C22H23N5O2S2. The number of fused-ring (bicyclic) bond motifs is 1. The minimum atomic E-state index is -3.54. The first kappa shape index (κ1) is 21.4. The molecule has 7 nitrogen and oxygen atoms in total. The molecule has 0 unspecified atom stereocenters. The van der Waals surface area contributed by atoms with Crippen molar-refractivity contribution >= 4 is 43.1 Å². The molecule has 4 rings (SSSR count). The number of nitrogens with one attached hydrogen (secondary N) is 2. The molecule has 2 aromatic carbocycles. The van der Waals surface area contributed by atoms with Gasteiger partial charge in [0.15, 0.2) is 0 Å². The van der Waals surface area contributed by atoms with Crippen molar-refractivity contribution in [2.24, 2.45) is 0 Å². The highest BCUT2D eigenvalue weighted by Crippen LogP contribution is 2.32. The SMILES string of the molecule is CN(C)CCNS(=O)(=O)c1ccc(Nc2nccc(-c3cc4ccccc4s3)n2)cc1. The zero-order valence-electron chi connectivity index (χ0n) is 17.2. The Hall–Kier alpha value is -2.85. The molecule has 160 valence electrons. The van der Waals surface area contributed by atoms with Crippen molar-refractivity contribution in [1.29, 1.82) is 0 Å². The molecule has 2 aromatic heterocycles. The largest absolute Gasteiger partial charge is 0.324 e. The molecular weight excluding hydrogens is 430 g/mol. The van der Waals surface area contributed by atoms with Crippen molar-refractivity contribution in [2.75, 3.05) is 32.5 Å². The second-order valence-electron chi connectivity index (χ2n) is 7.26. The van der Waals surface area contributed by atoms with Crippen LogP contribution < -0.4 is 10.0 Å².